The molecule has 0 unspecified atom stereocenters. The van der Waals surface area contributed by atoms with E-state index >= 15 is 0 Å². The number of carbonyl (C=O) groups is 1. The summed E-state index contributed by atoms with van der Waals surface area (Å²) in [5.74, 6) is -0.995. The van der Waals surface area contributed by atoms with Crippen LogP contribution >= 0.6 is 0 Å². The number of rotatable bonds is 9. The van der Waals surface area contributed by atoms with E-state index in [9.17, 15) is 45.6 Å². The zero-order chi connectivity index (χ0) is 31.6. The predicted octanol–water partition coefficient (Wildman–Crippen LogP) is -1.51. The highest BCUT2D eigenvalue weighted by Crippen LogP contribution is 2.44. The molecule has 8 N–H and O–H groups in total. The SMILES string of the molecule is COC(=O)c1c(CC=C(C)C)c(O[C@@H]2O[C@H](CO)[C@@H](O)[C@H](O)[C@H]2O)c2ccccc2c1O[C@@H]1O[C@H](CO)[C@@H](O)[C@H](O)[C@H]1O. The molecule has 2 aromatic carbocycles. The monoisotopic (exact) mass is 610 g/mol. The second-order valence-electron chi connectivity index (χ2n) is 10.7. The Hall–Kier alpha value is -2.89. The number of esters is 1. The van der Waals surface area contributed by atoms with Crippen molar-refractivity contribution in [2.75, 3.05) is 20.3 Å². The first-order chi connectivity index (χ1) is 20.4. The third-order valence-corrected chi connectivity index (χ3v) is 7.49. The van der Waals surface area contributed by atoms with Gasteiger partial charge in [-0.1, -0.05) is 35.9 Å². The highest BCUT2D eigenvalue weighted by Gasteiger charge is 2.47. The lowest BCUT2D eigenvalue weighted by atomic mass is 9.94. The van der Waals surface area contributed by atoms with E-state index < -0.39 is 80.6 Å². The Labute approximate surface area is 246 Å². The number of aliphatic hydroxyl groups excluding tert-OH is 8. The van der Waals surface area contributed by atoms with Gasteiger partial charge in [0.15, 0.2) is 0 Å². The van der Waals surface area contributed by atoms with Crippen molar-refractivity contribution in [1.29, 1.82) is 0 Å². The topological polar surface area (TPSA) is 225 Å². The molecule has 4 rings (SSSR count). The fourth-order valence-corrected chi connectivity index (χ4v) is 5.06. The van der Waals surface area contributed by atoms with Crippen molar-refractivity contribution in [3.05, 3.63) is 47.0 Å². The number of hydrogen-bond acceptors (Lipinski definition) is 14. The minimum absolute atomic E-state index is 0.0268. The summed E-state index contributed by atoms with van der Waals surface area (Å²) in [6.45, 7) is 2.26. The third kappa shape index (κ3) is 6.49. The average molecular weight is 611 g/mol. The van der Waals surface area contributed by atoms with Crippen LogP contribution in [-0.2, 0) is 20.6 Å². The molecular formula is C29H38O14. The number of fused-ring (bicyclic) bond motifs is 1. The van der Waals surface area contributed by atoms with Crippen molar-refractivity contribution in [1.82, 2.24) is 0 Å². The Morgan fingerprint density at radius 1 is 0.767 bits per heavy atom. The lowest BCUT2D eigenvalue weighted by Gasteiger charge is -2.40. The average Bonchev–Trinajstić information content (AvgIpc) is 3.00. The van der Waals surface area contributed by atoms with E-state index in [-0.39, 0.29) is 34.4 Å². The van der Waals surface area contributed by atoms with Crippen LogP contribution in [0.1, 0.15) is 29.8 Å². The van der Waals surface area contributed by atoms with Gasteiger partial charge < -0.3 is 64.5 Å². The van der Waals surface area contributed by atoms with Crippen LogP contribution in [0.15, 0.2) is 35.9 Å². The highest BCUT2D eigenvalue weighted by molar-refractivity contribution is 6.06. The van der Waals surface area contributed by atoms with E-state index in [1.165, 1.54) is 0 Å². The number of carbonyl (C=O) groups excluding carboxylic acids is 1. The maximum atomic E-state index is 13.4. The first kappa shape index (κ1) is 33.0. The molecule has 2 heterocycles. The summed E-state index contributed by atoms with van der Waals surface area (Å²) in [6, 6.07) is 6.45. The van der Waals surface area contributed by atoms with Crippen molar-refractivity contribution >= 4 is 16.7 Å². The largest absolute Gasteiger partial charge is 0.465 e. The second-order valence-corrected chi connectivity index (χ2v) is 10.7. The van der Waals surface area contributed by atoms with Gasteiger partial charge in [-0.2, -0.15) is 0 Å². The van der Waals surface area contributed by atoms with Crippen LogP contribution in [-0.4, -0.2) is 129 Å². The molecule has 14 heteroatoms. The van der Waals surface area contributed by atoms with Crippen LogP contribution in [0.5, 0.6) is 11.5 Å². The molecule has 0 amide bonds. The van der Waals surface area contributed by atoms with Gasteiger partial charge in [-0.3, -0.25) is 0 Å². The van der Waals surface area contributed by atoms with E-state index in [1.807, 2.05) is 13.8 Å². The van der Waals surface area contributed by atoms with Crippen LogP contribution < -0.4 is 9.47 Å². The van der Waals surface area contributed by atoms with Gasteiger partial charge in [-0.15, -0.1) is 0 Å². The van der Waals surface area contributed by atoms with Gasteiger partial charge in [-0.05, 0) is 20.3 Å². The molecule has 2 fully saturated rings. The van der Waals surface area contributed by atoms with Crippen molar-refractivity contribution in [3.63, 3.8) is 0 Å². The Bertz CT molecular complexity index is 1310. The van der Waals surface area contributed by atoms with Crippen molar-refractivity contribution in [3.8, 4) is 11.5 Å². The van der Waals surface area contributed by atoms with Gasteiger partial charge in [-0.25, -0.2) is 4.79 Å². The summed E-state index contributed by atoms with van der Waals surface area (Å²) < 4.78 is 28.4. The fraction of sp³-hybridized carbons (Fsp3) is 0.552. The van der Waals surface area contributed by atoms with Crippen molar-refractivity contribution in [2.45, 2.75) is 81.7 Å². The first-order valence-electron chi connectivity index (χ1n) is 13.7. The van der Waals surface area contributed by atoms with Crippen LogP contribution in [0.25, 0.3) is 10.8 Å². The van der Waals surface area contributed by atoms with Crippen molar-refractivity contribution in [2.24, 2.45) is 0 Å². The summed E-state index contributed by atoms with van der Waals surface area (Å²) in [5, 5.41) is 82.4. The summed E-state index contributed by atoms with van der Waals surface area (Å²) in [7, 11) is 1.14. The standard InChI is InChI=1S/C29H38O14/c1-12(2)8-9-15-18(27(38)39-3)26(43-29-24(37)22(35)20(33)17(11-31)41-29)14-7-5-4-6-13(14)25(15)42-28-23(36)21(34)19(32)16(10-30)40-28/h4-8,16-17,19-24,28-37H,9-11H2,1-3H3/t16-,17-,19-,20-,21+,22+,23-,24-,28+,29+/m1/s1. The van der Waals surface area contributed by atoms with E-state index in [0.29, 0.717) is 5.39 Å². The highest BCUT2D eigenvalue weighted by atomic mass is 16.7. The summed E-state index contributed by atoms with van der Waals surface area (Å²) >= 11 is 0. The number of ether oxygens (including phenoxy) is 5. The molecular weight excluding hydrogens is 572 g/mol. The fourth-order valence-electron chi connectivity index (χ4n) is 5.06. The van der Waals surface area contributed by atoms with Gasteiger partial charge in [0.1, 0.15) is 65.9 Å². The molecule has 0 bridgehead atoms. The number of allylic oxidation sites excluding steroid dienone is 2. The normalized spacial score (nSPS) is 32.7. The Morgan fingerprint density at radius 3 is 1.67 bits per heavy atom. The molecule has 0 aliphatic carbocycles. The van der Waals surface area contributed by atoms with E-state index in [0.717, 1.165) is 12.7 Å². The Morgan fingerprint density at radius 2 is 1.23 bits per heavy atom. The number of hydrogen-bond donors (Lipinski definition) is 8. The molecule has 0 radical (unpaired) electrons. The first-order valence-corrected chi connectivity index (χ1v) is 13.7. The summed E-state index contributed by atoms with van der Waals surface area (Å²) in [4.78, 5) is 13.4. The van der Waals surface area contributed by atoms with Gasteiger partial charge in [0.2, 0.25) is 12.6 Å². The molecule has 10 atom stereocenters. The molecule has 43 heavy (non-hydrogen) atoms. The molecule has 0 spiro atoms. The molecule has 2 saturated heterocycles. The van der Waals surface area contributed by atoms with Crippen LogP contribution in [0.4, 0.5) is 0 Å². The third-order valence-electron chi connectivity index (χ3n) is 7.49. The van der Waals surface area contributed by atoms with Crippen molar-refractivity contribution < 1.29 is 69.3 Å². The maximum Gasteiger partial charge on any atom is 0.342 e. The molecule has 2 aliphatic rings. The number of benzene rings is 2. The summed E-state index contributed by atoms with van der Waals surface area (Å²) in [6.07, 6.45) is -14.2. The maximum absolute atomic E-state index is 13.4. The van der Waals surface area contributed by atoms with Gasteiger partial charge in [0.05, 0.1) is 20.3 Å². The van der Waals surface area contributed by atoms with Crippen LogP contribution in [0.3, 0.4) is 0 Å². The van der Waals surface area contributed by atoms with E-state index in [1.54, 1.807) is 30.3 Å². The lowest BCUT2D eigenvalue weighted by molar-refractivity contribution is -0.277. The minimum Gasteiger partial charge on any atom is -0.465 e. The minimum atomic E-state index is -1.78. The molecule has 14 nitrogen and oxygen atoms in total. The van der Waals surface area contributed by atoms with E-state index in [2.05, 4.69) is 0 Å². The predicted molar refractivity (Wildman–Crippen MR) is 147 cm³/mol. The quantitative estimate of drug-likeness (QED) is 0.119. The van der Waals surface area contributed by atoms with Gasteiger partial charge in [0.25, 0.3) is 0 Å². The van der Waals surface area contributed by atoms with Gasteiger partial charge in [0, 0.05) is 16.3 Å². The molecule has 2 aromatic rings. The van der Waals surface area contributed by atoms with E-state index in [4.69, 9.17) is 23.7 Å². The number of methoxy groups -OCH3 is 1. The molecule has 0 saturated carbocycles. The molecule has 238 valence electrons. The Kier molecular flexibility index (Phi) is 10.6. The lowest BCUT2D eigenvalue weighted by Crippen LogP contribution is -2.60. The second kappa shape index (κ2) is 13.8. The summed E-state index contributed by atoms with van der Waals surface area (Å²) in [5.41, 5.74) is 0.873. The van der Waals surface area contributed by atoms with Gasteiger partial charge >= 0.3 is 5.97 Å². The van der Waals surface area contributed by atoms with Crippen LogP contribution in [0, 0.1) is 0 Å². The smallest absolute Gasteiger partial charge is 0.342 e. The zero-order valence-corrected chi connectivity index (χ0v) is 23.8. The van der Waals surface area contributed by atoms with Crippen LogP contribution in [0.2, 0.25) is 0 Å². The molecule has 0 aromatic heterocycles. The molecule has 2 aliphatic heterocycles. The zero-order valence-electron chi connectivity index (χ0n) is 23.8. The Balaban J connectivity index is 1.93. The number of aliphatic hydroxyl groups is 8.